The quantitative estimate of drug-likeness (QED) is 0.772. The van der Waals surface area contributed by atoms with Crippen LogP contribution in [0.4, 0.5) is 0 Å². The fourth-order valence-electron chi connectivity index (χ4n) is 3.44. The van der Waals surface area contributed by atoms with E-state index in [9.17, 15) is 0 Å². The average Bonchev–Trinajstić information content (AvgIpc) is 2.60. The fourth-order valence-corrected chi connectivity index (χ4v) is 3.44. The van der Waals surface area contributed by atoms with Crippen LogP contribution in [0.2, 0.25) is 0 Å². The highest BCUT2D eigenvalue weighted by Crippen LogP contribution is 2.40. The monoisotopic (exact) mass is 210 g/mol. The summed E-state index contributed by atoms with van der Waals surface area (Å²) in [5, 5.41) is 0. The van der Waals surface area contributed by atoms with Gasteiger partial charge in [0.1, 0.15) is 0 Å². The Morgan fingerprint density at radius 1 is 1.20 bits per heavy atom. The molecule has 2 saturated carbocycles. The van der Waals surface area contributed by atoms with E-state index in [1.807, 2.05) is 0 Å². The highest BCUT2D eigenvalue weighted by molar-refractivity contribution is 5.01. The van der Waals surface area contributed by atoms with Gasteiger partial charge in [-0.05, 0) is 39.3 Å². The number of nitrogens with two attached hydrogens (primary N) is 1. The zero-order chi connectivity index (χ0) is 10.9. The maximum Gasteiger partial charge on any atom is 0.0354 e. The molecule has 0 radical (unpaired) electrons. The van der Waals surface area contributed by atoms with Crippen molar-refractivity contribution in [3.05, 3.63) is 0 Å². The van der Waals surface area contributed by atoms with Crippen molar-refractivity contribution in [3.8, 4) is 0 Å². The Bertz CT molecular complexity index is 203. The van der Waals surface area contributed by atoms with Gasteiger partial charge in [0.15, 0.2) is 0 Å². The molecule has 15 heavy (non-hydrogen) atoms. The second-order valence-corrected chi connectivity index (χ2v) is 5.84. The molecular weight excluding hydrogens is 184 g/mol. The number of likely N-dealkylation sites (N-methyl/N-ethyl adjacent to an activating group) is 1. The predicted octanol–water partition coefficient (Wildman–Crippen LogP) is 2.38. The molecule has 2 nitrogen and oxygen atoms in total. The standard InChI is InChI=1S/C13H26N2/c1-15(2)13(8-3-4-9-13)12(14)10-11-6-5-7-11/h11-12H,3-10,14H2,1-2H3. The van der Waals surface area contributed by atoms with Gasteiger partial charge in [0.2, 0.25) is 0 Å². The largest absolute Gasteiger partial charge is 0.326 e. The van der Waals surface area contributed by atoms with Gasteiger partial charge in [-0.15, -0.1) is 0 Å². The number of hydrogen-bond donors (Lipinski definition) is 1. The van der Waals surface area contributed by atoms with Crippen molar-refractivity contribution in [1.29, 1.82) is 0 Å². The molecule has 2 N–H and O–H groups in total. The summed E-state index contributed by atoms with van der Waals surface area (Å²) in [5.74, 6) is 0.942. The van der Waals surface area contributed by atoms with Gasteiger partial charge < -0.3 is 10.6 Å². The molecule has 1 unspecified atom stereocenters. The minimum Gasteiger partial charge on any atom is -0.326 e. The summed E-state index contributed by atoms with van der Waals surface area (Å²) >= 11 is 0. The zero-order valence-electron chi connectivity index (χ0n) is 10.3. The van der Waals surface area contributed by atoms with Crippen LogP contribution in [0, 0.1) is 5.92 Å². The maximum atomic E-state index is 6.48. The van der Waals surface area contributed by atoms with Crippen molar-refractivity contribution in [1.82, 2.24) is 4.90 Å². The van der Waals surface area contributed by atoms with Crippen LogP contribution in [0.1, 0.15) is 51.4 Å². The van der Waals surface area contributed by atoms with Gasteiger partial charge in [0.05, 0.1) is 0 Å². The van der Waals surface area contributed by atoms with Crippen LogP contribution in [0.15, 0.2) is 0 Å². The number of rotatable bonds is 4. The molecule has 0 heterocycles. The minimum absolute atomic E-state index is 0.329. The molecule has 2 aliphatic carbocycles. The lowest BCUT2D eigenvalue weighted by Crippen LogP contribution is -2.56. The van der Waals surface area contributed by atoms with Crippen LogP contribution in [0.3, 0.4) is 0 Å². The molecule has 0 aliphatic heterocycles. The van der Waals surface area contributed by atoms with Crippen molar-refractivity contribution in [2.75, 3.05) is 14.1 Å². The average molecular weight is 210 g/mol. The van der Waals surface area contributed by atoms with Crippen molar-refractivity contribution in [3.63, 3.8) is 0 Å². The Kier molecular flexibility index (Phi) is 3.36. The Morgan fingerprint density at radius 2 is 1.80 bits per heavy atom. The lowest BCUT2D eigenvalue weighted by atomic mass is 9.75. The van der Waals surface area contributed by atoms with Crippen molar-refractivity contribution < 1.29 is 0 Å². The summed E-state index contributed by atoms with van der Waals surface area (Å²) in [5.41, 5.74) is 6.81. The second kappa shape index (κ2) is 4.42. The minimum atomic E-state index is 0.329. The van der Waals surface area contributed by atoms with Gasteiger partial charge in [0, 0.05) is 11.6 Å². The molecule has 2 heteroatoms. The molecule has 2 rings (SSSR count). The summed E-state index contributed by atoms with van der Waals surface area (Å²) < 4.78 is 0. The summed E-state index contributed by atoms with van der Waals surface area (Å²) in [6.45, 7) is 0. The third-order valence-electron chi connectivity index (χ3n) is 4.86. The number of nitrogens with zero attached hydrogens (tertiary/aromatic N) is 1. The van der Waals surface area contributed by atoms with Crippen molar-refractivity contribution in [2.45, 2.75) is 62.9 Å². The van der Waals surface area contributed by atoms with E-state index in [0.717, 1.165) is 5.92 Å². The summed E-state index contributed by atoms with van der Waals surface area (Å²) in [6.07, 6.45) is 10.9. The molecule has 0 aromatic carbocycles. The molecule has 1 atom stereocenters. The Morgan fingerprint density at radius 3 is 2.20 bits per heavy atom. The molecule has 2 fully saturated rings. The lowest BCUT2D eigenvalue weighted by molar-refractivity contribution is 0.0997. The van der Waals surface area contributed by atoms with E-state index in [1.54, 1.807) is 0 Å². The molecule has 2 aliphatic rings. The zero-order valence-corrected chi connectivity index (χ0v) is 10.3. The summed E-state index contributed by atoms with van der Waals surface area (Å²) in [7, 11) is 4.43. The van der Waals surface area contributed by atoms with Crippen LogP contribution in [-0.2, 0) is 0 Å². The smallest absolute Gasteiger partial charge is 0.0354 e. The maximum absolute atomic E-state index is 6.48. The highest BCUT2D eigenvalue weighted by Gasteiger charge is 2.42. The van der Waals surface area contributed by atoms with E-state index < -0.39 is 0 Å². The lowest BCUT2D eigenvalue weighted by Gasteiger charge is -2.44. The van der Waals surface area contributed by atoms with Crippen LogP contribution in [0.5, 0.6) is 0 Å². The number of hydrogen-bond acceptors (Lipinski definition) is 2. The summed E-state index contributed by atoms with van der Waals surface area (Å²) in [6, 6.07) is 0.403. The third-order valence-corrected chi connectivity index (χ3v) is 4.86. The third kappa shape index (κ3) is 2.07. The normalized spacial score (nSPS) is 28.0. The molecular formula is C13H26N2. The Hall–Kier alpha value is -0.0800. The van der Waals surface area contributed by atoms with Crippen molar-refractivity contribution >= 4 is 0 Å². The highest BCUT2D eigenvalue weighted by atomic mass is 15.2. The van der Waals surface area contributed by atoms with E-state index in [-0.39, 0.29) is 0 Å². The van der Waals surface area contributed by atoms with Crippen molar-refractivity contribution in [2.24, 2.45) is 11.7 Å². The van der Waals surface area contributed by atoms with Crippen LogP contribution in [-0.4, -0.2) is 30.6 Å². The van der Waals surface area contributed by atoms with Gasteiger partial charge in [-0.25, -0.2) is 0 Å². The molecule has 0 aromatic rings. The first-order chi connectivity index (χ1) is 7.15. The van der Waals surface area contributed by atoms with Gasteiger partial charge in [0.25, 0.3) is 0 Å². The van der Waals surface area contributed by atoms with Crippen LogP contribution in [0.25, 0.3) is 0 Å². The molecule has 0 spiro atoms. The van der Waals surface area contributed by atoms with E-state index in [1.165, 1.54) is 51.4 Å². The second-order valence-electron chi connectivity index (χ2n) is 5.84. The van der Waals surface area contributed by atoms with Gasteiger partial charge >= 0.3 is 0 Å². The Balaban J connectivity index is 1.96. The molecule has 0 aromatic heterocycles. The molecule has 0 amide bonds. The Labute approximate surface area is 94.2 Å². The van der Waals surface area contributed by atoms with Crippen LogP contribution < -0.4 is 5.73 Å². The first-order valence-electron chi connectivity index (χ1n) is 6.58. The molecule has 0 bridgehead atoms. The van der Waals surface area contributed by atoms with Gasteiger partial charge in [-0.1, -0.05) is 32.1 Å². The van der Waals surface area contributed by atoms with Gasteiger partial charge in [-0.3, -0.25) is 0 Å². The van der Waals surface area contributed by atoms with Gasteiger partial charge in [-0.2, -0.15) is 0 Å². The summed E-state index contributed by atoms with van der Waals surface area (Å²) in [4.78, 5) is 2.41. The van der Waals surface area contributed by atoms with E-state index >= 15 is 0 Å². The molecule has 88 valence electrons. The van der Waals surface area contributed by atoms with E-state index in [2.05, 4.69) is 19.0 Å². The first-order valence-corrected chi connectivity index (χ1v) is 6.58. The van der Waals surface area contributed by atoms with Crippen LogP contribution >= 0.6 is 0 Å². The first kappa shape index (κ1) is 11.4. The SMILES string of the molecule is CN(C)C1(C(N)CC2CCC2)CCCC1. The molecule has 0 saturated heterocycles. The predicted molar refractivity (Wildman–Crippen MR) is 64.8 cm³/mol. The van der Waals surface area contributed by atoms with E-state index in [0.29, 0.717) is 11.6 Å². The van der Waals surface area contributed by atoms with E-state index in [4.69, 9.17) is 5.73 Å². The fraction of sp³-hybridized carbons (Fsp3) is 1.00. The topological polar surface area (TPSA) is 29.3 Å².